The molecule has 1 aliphatic rings. The monoisotopic (exact) mass is 1460 g/mol. The van der Waals surface area contributed by atoms with Crippen molar-refractivity contribution < 1.29 is 0 Å². The summed E-state index contributed by atoms with van der Waals surface area (Å²) in [7, 11) is 0. The van der Waals surface area contributed by atoms with Gasteiger partial charge < -0.3 is 14.4 Å². The van der Waals surface area contributed by atoms with Gasteiger partial charge in [0.2, 0.25) is 0 Å². The molecule has 112 heavy (non-hydrogen) atoms. The van der Waals surface area contributed by atoms with Gasteiger partial charge in [0.25, 0.3) is 0 Å². The number of para-hydroxylation sites is 6. The third-order valence-corrected chi connectivity index (χ3v) is 25.9. The quantitative estimate of drug-likeness (QED) is 0.114. The first kappa shape index (κ1) is 65.4. The van der Waals surface area contributed by atoms with E-state index in [2.05, 4.69) is 423 Å². The fraction of sp³-hybridized carbons (Fsp3) is 0.0280. The molecular formula is C107H71N3S2. The van der Waals surface area contributed by atoms with E-state index >= 15 is 0 Å². The Bertz CT molecular complexity index is 7300. The van der Waals surface area contributed by atoms with Crippen molar-refractivity contribution in [2.45, 2.75) is 19.3 Å². The zero-order valence-corrected chi connectivity index (χ0v) is 63.3. The number of aromatic nitrogens is 1. The van der Waals surface area contributed by atoms with E-state index in [1.807, 2.05) is 22.7 Å². The van der Waals surface area contributed by atoms with Crippen molar-refractivity contribution in [3.05, 3.63) is 405 Å². The van der Waals surface area contributed by atoms with E-state index in [1.165, 1.54) is 162 Å². The van der Waals surface area contributed by atoms with Gasteiger partial charge in [0.15, 0.2) is 0 Å². The Morgan fingerprint density at radius 2 is 0.634 bits per heavy atom. The van der Waals surface area contributed by atoms with Gasteiger partial charge in [0.05, 0.1) is 33.8 Å². The van der Waals surface area contributed by atoms with Crippen LogP contribution in [-0.2, 0) is 5.41 Å². The number of fused-ring (bicyclic) bond motifs is 14. The number of anilines is 6. The summed E-state index contributed by atoms with van der Waals surface area (Å²) in [5.74, 6) is 0. The largest absolute Gasteiger partial charge is 0.310 e. The third kappa shape index (κ3) is 10.6. The zero-order chi connectivity index (χ0) is 74.1. The number of benzene rings is 18. The summed E-state index contributed by atoms with van der Waals surface area (Å²) in [6, 6.07) is 147. The van der Waals surface area contributed by atoms with Gasteiger partial charge in [-0.05, 0) is 209 Å². The molecule has 0 unspecified atom stereocenters. The number of rotatable bonds is 13. The highest BCUT2D eigenvalue weighted by atomic mass is 32.1. The predicted octanol–water partition coefficient (Wildman–Crippen LogP) is 31.1. The average Bonchev–Trinajstić information content (AvgIpc) is 1.55. The van der Waals surface area contributed by atoms with E-state index in [9.17, 15) is 0 Å². The van der Waals surface area contributed by atoms with Crippen molar-refractivity contribution in [1.29, 1.82) is 0 Å². The summed E-state index contributed by atoms with van der Waals surface area (Å²) in [5.41, 5.74) is 29.6. The lowest BCUT2D eigenvalue weighted by Gasteiger charge is -2.30. The van der Waals surface area contributed by atoms with E-state index in [4.69, 9.17) is 0 Å². The van der Waals surface area contributed by atoms with Gasteiger partial charge in [0, 0.05) is 84.7 Å². The van der Waals surface area contributed by atoms with Gasteiger partial charge in [-0.1, -0.05) is 299 Å². The first-order valence-electron chi connectivity index (χ1n) is 38.6. The minimum absolute atomic E-state index is 0.0878. The van der Waals surface area contributed by atoms with Crippen LogP contribution in [0.5, 0.6) is 0 Å². The molecule has 0 aliphatic heterocycles. The molecule has 5 heteroatoms. The van der Waals surface area contributed by atoms with E-state index < -0.39 is 0 Å². The number of hydrogen-bond donors (Lipinski definition) is 0. The lowest BCUT2D eigenvalue weighted by molar-refractivity contribution is 0.660. The molecule has 0 N–H and O–H groups in total. The molecule has 0 bridgehead atoms. The molecule has 0 spiro atoms. The molecule has 3 heterocycles. The zero-order valence-electron chi connectivity index (χ0n) is 61.7. The summed E-state index contributed by atoms with van der Waals surface area (Å²) in [4.78, 5) is 4.95. The lowest BCUT2D eigenvalue weighted by Crippen LogP contribution is -2.14. The molecule has 18 aromatic carbocycles. The van der Waals surface area contributed by atoms with Gasteiger partial charge in [-0.2, -0.15) is 0 Å². The minimum Gasteiger partial charge on any atom is -0.310 e. The highest BCUT2D eigenvalue weighted by Crippen LogP contribution is 2.53. The van der Waals surface area contributed by atoms with E-state index in [-0.39, 0.29) is 5.41 Å². The van der Waals surface area contributed by atoms with Crippen molar-refractivity contribution in [2.75, 3.05) is 9.80 Å². The van der Waals surface area contributed by atoms with Gasteiger partial charge in [-0.25, -0.2) is 0 Å². The maximum absolute atomic E-state index is 2.49. The highest BCUT2D eigenvalue weighted by molar-refractivity contribution is 7.26. The molecular weight excluding hydrogens is 1390 g/mol. The van der Waals surface area contributed by atoms with Gasteiger partial charge >= 0.3 is 0 Å². The summed E-state index contributed by atoms with van der Waals surface area (Å²) in [6.07, 6.45) is 0. The second-order valence-corrected chi connectivity index (χ2v) is 32.3. The lowest BCUT2D eigenvalue weighted by atomic mass is 9.81. The van der Waals surface area contributed by atoms with Crippen molar-refractivity contribution in [2.24, 2.45) is 0 Å². The molecule has 0 saturated carbocycles. The number of hydrogen-bond acceptors (Lipinski definition) is 4. The van der Waals surface area contributed by atoms with Crippen LogP contribution in [-0.4, -0.2) is 4.57 Å². The maximum atomic E-state index is 2.49. The summed E-state index contributed by atoms with van der Waals surface area (Å²) in [5, 5.41) is 12.4. The molecule has 22 rings (SSSR count). The molecule has 0 saturated heterocycles. The number of thiophene rings is 2. The molecule has 0 atom stereocenters. The van der Waals surface area contributed by atoms with Crippen LogP contribution in [0, 0.1) is 0 Å². The Morgan fingerprint density at radius 1 is 0.232 bits per heavy atom. The second kappa shape index (κ2) is 26.3. The van der Waals surface area contributed by atoms with Crippen molar-refractivity contribution in [3.63, 3.8) is 0 Å². The molecule has 526 valence electrons. The SMILES string of the molecule is CC1(C)c2ccccc2-c2ccc(-c3ccc(N(c4ccc(-c5cccc6cc(-c7ccc8c(c7)sc7cccc(-c9ccccc9N(c9ccc(-c%10cccc%11ccccc%10%11)cc9)c9ccccc9-n9c%10ccccc%10c%10ccccc%109)c78)ccc56)cc4)c4ccccc4-c4cccc5sc6ccccc6c45)cc3)cc21. The fourth-order valence-corrected chi connectivity index (χ4v) is 20.6. The first-order valence-corrected chi connectivity index (χ1v) is 40.2. The van der Waals surface area contributed by atoms with Crippen LogP contribution in [0.1, 0.15) is 25.0 Å². The van der Waals surface area contributed by atoms with Crippen LogP contribution in [0.2, 0.25) is 0 Å². The predicted molar refractivity (Wildman–Crippen MR) is 481 cm³/mol. The molecule has 3 nitrogen and oxygen atoms in total. The van der Waals surface area contributed by atoms with Crippen LogP contribution < -0.4 is 9.80 Å². The smallest absolute Gasteiger partial charge is 0.0702 e. The van der Waals surface area contributed by atoms with Gasteiger partial charge in [-0.15, -0.1) is 22.7 Å². The molecule has 21 aromatic rings. The first-order chi connectivity index (χ1) is 55.3. The molecule has 0 amide bonds. The normalized spacial score (nSPS) is 12.4. The molecule has 1 aliphatic carbocycles. The van der Waals surface area contributed by atoms with E-state index in [0.717, 1.165) is 50.9 Å². The average molecular weight is 1460 g/mol. The van der Waals surface area contributed by atoms with Gasteiger partial charge in [-0.3, -0.25) is 0 Å². The van der Waals surface area contributed by atoms with Crippen LogP contribution in [0.15, 0.2) is 394 Å². The Labute approximate surface area is 658 Å². The topological polar surface area (TPSA) is 11.4 Å². The fourth-order valence-electron chi connectivity index (χ4n) is 18.3. The summed E-state index contributed by atoms with van der Waals surface area (Å²) < 4.78 is 7.55. The van der Waals surface area contributed by atoms with Crippen molar-refractivity contribution >= 4 is 140 Å². The Balaban J connectivity index is 0.615. The summed E-state index contributed by atoms with van der Waals surface area (Å²) >= 11 is 3.74. The van der Waals surface area contributed by atoms with Crippen LogP contribution in [0.4, 0.5) is 34.1 Å². The van der Waals surface area contributed by atoms with E-state index in [1.54, 1.807) is 0 Å². The maximum Gasteiger partial charge on any atom is 0.0702 e. The van der Waals surface area contributed by atoms with Crippen molar-refractivity contribution in [3.8, 4) is 83.6 Å². The summed E-state index contributed by atoms with van der Waals surface area (Å²) in [6.45, 7) is 4.72. The van der Waals surface area contributed by atoms with Crippen LogP contribution in [0.25, 0.3) is 167 Å². The standard InChI is InChI=1S/C107H71N3S2/c1-107(2)93-37-11-5-27-83(93)84-63-54-73(66-94(84)107)68-47-56-76(57-48-68)108(95-38-12-8-30-87(95)89-35-21-45-102-105(89)91-32-10-18-44-101(91)111-102)77-58-49-71(50-59-77)81-34-20-25-75-65-72(53-62-82(75)81)74-55-64-92-104(67-74)112-103-46-22-36-90(106(92)103)88-31-9-13-39-96(88)109(78-60-51-70(52-61-78)80-33-19-24-69-23-3-4-26-79(69)80)99-42-16-17-43-100(99)110-97-40-14-6-28-85(97)86-29-7-15-41-98(86)110/h3-67H,1-2H3. The Kier molecular flexibility index (Phi) is 15.4. The van der Waals surface area contributed by atoms with Crippen LogP contribution in [0.3, 0.4) is 0 Å². The Hall–Kier alpha value is -13.7. The number of nitrogens with zero attached hydrogens (tertiary/aromatic N) is 3. The van der Waals surface area contributed by atoms with Crippen molar-refractivity contribution in [1.82, 2.24) is 4.57 Å². The molecule has 0 fully saturated rings. The van der Waals surface area contributed by atoms with Crippen LogP contribution >= 0.6 is 22.7 Å². The second-order valence-electron chi connectivity index (χ2n) is 30.2. The minimum atomic E-state index is -0.0878. The van der Waals surface area contributed by atoms with E-state index in [0.29, 0.717) is 0 Å². The third-order valence-electron chi connectivity index (χ3n) is 23.6. The van der Waals surface area contributed by atoms with Gasteiger partial charge in [0.1, 0.15) is 0 Å². The Morgan fingerprint density at radius 3 is 1.29 bits per heavy atom. The molecule has 3 aromatic heterocycles. The molecule has 0 radical (unpaired) electrons. The highest BCUT2D eigenvalue weighted by Gasteiger charge is 2.36.